The monoisotopic (exact) mass is 339 g/mol. The summed E-state index contributed by atoms with van der Waals surface area (Å²) in [6.07, 6.45) is 4.71. The summed E-state index contributed by atoms with van der Waals surface area (Å²) >= 11 is 0. The number of ether oxygens (including phenoxy) is 2. The van der Waals surface area contributed by atoms with E-state index in [2.05, 4.69) is 9.97 Å². The molecule has 3 heterocycles. The SMILES string of the molecule is Cc1cnc(C(=O)N2Cc3ccccc3OC3(CCOCC3)C2)cn1. The van der Waals surface area contributed by atoms with Crippen molar-refractivity contribution >= 4 is 5.91 Å². The van der Waals surface area contributed by atoms with E-state index in [-0.39, 0.29) is 5.91 Å². The molecule has 0 N–H and O–H groups in total. The van der Waals surface area contributed by atoms with Gasteiger partial charge < -0.3 is 14.4 Å². The molecule has 1 saturated heterocycles. The van der Waals surface area contributed by atoms with Gasteiger partial charge in [0.2, 0.25) is 0 Å². The van der Waals surface area contributed by atoms with Crippen LogP contribution in [0, 0.1) is 6.92 Å². The Morgan fingerprint density at radius 2 is 1.96 bits per heavy atom. The van der Waals surface area contributed by atoms with Crippen molar-refractivity contribution in [1.29, 1.82) is 0 Å². The Balaban J connectivity index is 1.69. The summed E-state index contributed by atoms with van der Waals surface area (Å²) in [6, 6.07) is 7.92. The molecule has 1 amide bonds. The maximum Gasteiger partial charge on any atom is 0.274 e. The number of nitrogens with zero attached hydrogens (tertiary/aromatic N) is 3. The van der Waals surface area contributed by atoms with Crippen LogP contribution < -0.4 is 4.74 Å². The Morgan fingerprint density at radius 1 is 1.16 bits per heavy atom. The van der Waals surface area contributed by atoms with Crippen LogP contribution in [0.5, 0.6) is 5.75 Å². The molecule has 0 unspecified atom stereocenters. The van der Waals surface area contributed by atoms with Gasteiger partial charge in [0.1, 0.15) is 17.0 Å². The Bertz CT molecular complexity index is 770. The van der Waals surface area contributed by atoms with Gasteiger partial charge in [0.05, 0.1) is 31.6 Å². The van der Waals surface area contributed by atoms with E-state index in [1.165, 1.54) is 0 Å². The van der Waals surface area contributed by atoms with E-state index in [0.717, 1.165) is 29.8 Å². The van der Waals surface area contributed by atoms with Crippen molar-refractivity contribution in [3.63, 3.8) is 0 Å². The van der Waals surface area contributed by atoms with Crippen molar-refractivity contribution in [2.24, 2.45) is 0 Å². The van der Waals surface area contributed by atoms with Crippen molar-refractivity contribution in [1.82, 2.24) is 14.9 Å². The summed E-state index contributed by atoms with van der Waals surface area (Å²) in [5, 5.41) is 0. The summed E-state index contributed by atoms with van der Waals surface area (Å²) in [6.45, 7) is 4.18. The smallest absolute Gasteiger partial charge is 0.274 e. The molecule has 2 aromatic rings. The molecule has 2 aliphatic rings. The lowest BCUT2D eigenvalue weighted by atomic mass is 9.93. The third kappa shape index (κ3) is 3.22. The average Bonchev–Trinajstić information content (AvgIpc) is 2.79. The van der Waals surface area contributed by atoms with E-state index in [1.54, 1.807) is 12.4 Å². The van der Waals surface area contributed by atoms with Crippen LogP contribution in [0.2, 0.25) is 0 Å². The first-order valence-electron chi connectivity index (χ1n) is 8.58. The van der Waals surface area contributed by atoms with Crippen molar-refractivity contribution in [3.05, 3.63) is 53.6 Å². The molecule has 130 valence electrons. The Morgan fingerprint density at radius 3 is 2.72 bits per heavy atom. The fraction of sp³-hybridized carbons (Fsp3) is 0.421. The lowest BCUT2D eigenvalue weighted by Gasteiger charge is -2.38. The minimum absolute atomic E-state index is 0.112. The van der Waals surface area contributed by atoms with Crippen molar-refractivity contribution in [2.75, 3.05) is 19.8 Å². The quantitative estimate of drug-likeness (QED) is 0.798. The second-order valence-corrected chi connectivity index (χ2v) is 6.71. The maximum atomic E-state index is 13.0. The van der Waals surface area contributed by atoms with E-state index in [1.807, 2.05) is 36.1 Å². The van der Waals surface area contributed by atoms with Gasteiger partial charge in [-0.25, -0.2) is 4.98 Å². The maximum absolute atomic E-state index is 13.0. The predicted molar refractivity (Wildman–Crippen MR) is 91.4 cm³/mol. The molecule has 0 aliphatic carbocycles. The lowest BCUT2D eigenvalue weighted by molar-refractivity contribution is -0.0551. The summed E-state index contributed by atoms with van der Waals surface area (Å²) in [5.41, 5.74) is 1.77. The minimum Gasteiger partial charge on any atom is -0.485 e. The van der Waals surface area contributed by atoms with E-state index in [9.17, 15) is 4.79 Å². The summed E-state index contributed by atoms with van der Waals surface area (Å²) in [4.78, 5) is 23.3. The van der Waals surface area contributed by atoms with Gasteiger partial charge in [0, 0.05) is 31.1 Å². The highest BCUT2D eigenvalue weighted by Gasteiger charge is 2.41. The molecule has 2 aliphatic heterocycles. The summed E-state index contributed by atoms with van der Waals surface area (Å²) < 4.78 is 11.9. The number of aromatic nitrogens is 2. The number of aryl methyl sites for hydroxylation is 1. The molecule has 4 rings (SSSR count). The molecule has 25 heavy (non-hydrogen) atoms. The highest BCUT2D eigenvalue weighted by Crippen LogP contribution is 2.35. The molecule has 1 spiro atoms. The zero-order valence-corrected chi connectivity index (χ0v) is 14.3. The molecule has 0 saturated carbocycles. The number of benzene rings is 1. The fourth-order valence-corrected chi connectivity index (χ4v) is 3.42. The number of rotatable bonds is 1. The van der Waals surface area contributed by atoms with E-state index < -0.39 is 5.60 Å². The standard InChI is InChI=1S/C19H21N3O3/c1-14-10-21-16(11-20-14)18(23)22-12-15-4-2-3-5-17(15)25-19(13-22)6-8-24-9-7-19/h2-5,10-11H,6-9,12-13H2,1H3. The lowest BCUT2D eigenvalue weighted by Crippen LogP contribution is -2.51. The largest absolute Gasteiger partial charge is 0.485 e. The van der Waals surface area contributed by atoms with Gasteiger partial charge in [-0.2, -0.15) is 0 Å². The molecule has 0 radical (unpaired) electrons. The molecule has 0 bridgehead atoms. The summed E-state index contributed by atoms with van der Waals surface area (Å²) in [5.74, 6) is 0.744. The van der Waals surface area contributed by atoms with Crippen LogP contribution in [0.15, 0.2) is 36.7 Å². The van der Waals surface area contributed by atoms with Crippen LogP contribution in [0.3, 0.4) is 0 Å². The Kier molecular flexibility index (Phi) is 4.13. The molecule has 1 fully saturated rings. The topological polar surface area (TPSA) is 64.6 Å². The van der Waals surface area contributed by atoms with Gasteiger partial charge in [0.25, 0.3) is 5.91 Å². The van der Waals surface area contributed by atoms with Crippen molar-refractivity contribution in [2.45, 2.75) is 31.9 Å². The number of carbonyl (C=O) groups excluding carboxylic acids is 1. The van der Waals surface area contributed by atoms with Crippen LogP contribution >= 0.6 is 0 Å². The third-order valence-corrected chi connectivity index (χ3v) is 4.83. The molecule has 1 aromatic heterocycles. The molecular weight excluding hydrogens is 318 g/mol. The third-order valence-electron chi connectivity index (χ3n) is 4.83. The van der Waals surface area contributed by atoms with E-state index >= 15 is 0 Å². The van der Waals surface area contributed by atoms with E-state index in [0.29, 0.717) is 32.0 Å². The van der Waals surface area contributed by atoms with Gasteiger partial charge in [-0.3, -0.25) is 9.78 Å². The van der Waals surface area contributed by atoms with Crippen molar-refractivity contribution < 1.29 is 14.3 Å². The normalized spacial score (nSPS) is 19.0. The number of hydrogen-bond donors (Lipinski definition) is 0. The zero-order valence-electron chi connectivity index (χ0n) is 14.3. The number of amides is 1. The number of hydrogen-bond acceptors (Lipinski definition) is 5. The van der Waals surface area contributed by atoms with Gasteiger partial charge in [-0.05, 0) is 13.0 Å². The predicted octanol–water partition coefficient (Wildman–Crippen LogP) is 2.37. The molecule has 6 heteroatoms. The second-order valence-electron chi connectivity index (χ2n) is 6.71. The van der Waals surface area contributed by atoms with Crippen LogP contribution in [0.25, 0.3) is 0 Å². The summed E-state index contributed by atoms with van der Waals surface area (Å²) in [7, 11) is 0. The van der Waals surface area contributed by atoms with Gasteiger partial charge in [0.15, 0.2) is 0 Å². The number of carbonyl (C=O) groups is 1. The number of para-hydroxylation sites is 1. The van der Waals surface area contributed by atoms with Gasteiger partial charge >= 0.3 is 0 Å². The Labute approximate surface area is 146 Å². The molecule has 6 nitrogen and oxygen atoms in total. The molecule has 0 atom stereocenters. The van der Waals surface area contributed by atoms with Gasteiger partial charge in [-0.1, -0.05) is 18.2 Å². The van der Waals surface area contributed by atoms with Crippen LogP contribution in [-0.2, 0) is 11.3 Å². The first-order valence-corrected chi connectivity index (χ1v) is 8.58. The van der Waals surface area contributed by atoms with Crippen LogP contribution in [0.1, 0.15) is 34.6 Å². The van der Waals surface area contributed by atoms with Crippen LogP contribution in [0.4, 0.5) is 0 Å². The Hall–Kier alpha value is -2.47. The fourth-order valence-electron chi connectivity index (χ4n) is 3.42. The highest BCUT2D eigenvalue weighted by molar-refractivity contribution is 5.92. The van der Waals surface area contributed by atoms with Crippen molar-refractivity contribution in [3.8, 4) is 5.75 Å². The molecular formula is C19H21N3O3. The second kappa shape index (κ2) is 6.44. The van der Waals surface area contributed by atoms with Crippen LogP contribution in [-0.4, -0.2) is 46.1 Å². The zero-order chi connectivity index (χ0) is 17.3. The highest BCUT2D eigenvalue weighted by atomic mass is 16.5. The first-order chi connectivity index (χ1) is 12.2. The van der Waals surface area contributed by atoms with E-state index in [4.69, 9.17) is 9.47 Å². The first kappa shape index (κ1) is 16.0. The molecule has 1 aromatic carbocycles. The average molecular weight is 339 g/mol. The number of fused-ring (bicyclic) bond motifs is 1. The van der Waals surface area contributed by atoms with Gasteiger partial charge in [-0.15, -0.1) is 0 Å². The minimum atomic E-state index is -0.404.